The van der Waals surface area contributed by atoms with Gasteiger partial charge in [-0.15, -0.1) is 0 Å². The molecule has 0 aromatic rings. The highest BCUT2D eigenvalue weighted by molar-refractivity contribution is 5.10. The molecule has 1 saturated heterocycles. The maximum absolute atomic E-state index is 5.06. The molecule has 0 aromatic carbocycles. The molecule has 8 heavy (non-hydrogen) atoms. The summed E-state index contributed by atoms with van der Waals surface area (Å²) in [6.07, 6.45) is 0.259. The third-order valence-corrected chi connectivity index (χ3v) is 1.42. The third-order valence-electron chi connectivity index (χ3n) is 1.42. The van der Waals surface area contributed by atoms with Crippen LogP contribution in [-0.4, -0.2) is 26.3 Å². The van der Waals surface area contributed by atoms with Crippen molar-refractivity contribution < 1.29 is 4.74 Å². The van der Waals surface area contributed by atoms with E-state index in [0.29, 0.717) is 0 Å². The molecule has 0 aromatic heterocycles. The molecule has 0 spiro atoms. The van der Waals surface area contributed by atoms with Gasteiger partial charge in [0.25, 0.3) is 0 Å². The Labute approximate surface area is 49.5 Å². The zero-order valence-corrected chi connectivity index (χ0v) is 5.11. The zero-order chi connectivity index (χ0) is 5.98. The second kappa shape index (κ2) is 2.29. The number of methoxy groups -OCH3 is 1. The predicted molar refractivity (Wildman–Crippen MR) is 32.8 cm³/mol. The van der Waals surface area contributed by atoms with Crippen molar-refractivity contribution in [3.8, 4) is 0 Å². The fraction of sp³-hybridized carbons (Fsp3) is 0.667. The summed E-state index contributed by atoms with van der Waals surface area (Å²) < 4.78 is 5.06. The highest BCUT2D eigenvalue weighted by atomic mass is 16.5. The minimum absolute atomic E-state index is 0.259. The maximum Gasteiger partial charge on any atom is 0.0915 e. The lowest BCUT2D eigenvalue weighted by Crippen LogP contribution is -2.14. The molecule has 0 bridgehead atoms. The molecule has 0 amide bonds. The number of nitrogens with one attached hydrogen (secondary N) is 1. The summed E-state index contributed by atoms with van der Waals surface area (Å²) in [6, 6.07) is 0. The number of hydrogen-bond donors (Lipinski definition) is 1. The van der Waals surface area contributed by atoms with E-state index in [0.717, 1.165) is 18.7 Å². The van der Waals surface area contributed by atoms with E-state index in [9.17, 15) is 0 Å². The Morgan fingerprint density at radius 2 is 2.62 bits per heavy atom. The van der Waals surface area contributed by atoms with Crippen LogP contribution in [-0.2, 0) is 4.74 Å². The number of hydrogen-bond acceptors (Lipinski definition) is 2. The summed E-state index contributed by atoms with van der Waals surface area (Å²) in [5.74, 6) is 0. The van der Waals surface area contributed by atoms with Gasteiger partial charge in [0.05, 0.1) is 6.10 Å². The molecule has 1 atom stereocenters. The fourth-order valence-electron chi connectivity index (χ4n) is 0.872. The molecule has 0 saturated carbocycles. The molecule has 1 N–H and O–H groups in total. The standard InChI is InChI=1S/C6H11NO/c1-5-3-7-4-6(5)8-2/h6-7H,1,3-4H2,2H3. The summed E-state index contributed by atoms with van der Waals surface area (Å²) in [7, 11) is 1.71. The molecule has 0 aliphatic carbocycles. The average molecular weight is 113 g/mol. The van der Waals surface area contributed by atoms with Gasteiger partial charge in [-0.2, -0.15) is 0 Å². The van der Waals surface area contributed by atoms with Gasteiger partial charge in [0.15, 0.2) is 0 Å². The van der Waals surface area contributed by atoms with E-state index < -0.39 is 0 Å². The molecule has 46 valence electrons. The third kappa shape index (κ3) is 0.904. The van der Waals surface area contributed by atoms with Crippen LogP contribution in [0.1, 0.15) is 0 Å². The van der Waals surface area contributed by atoms with E-state index in [1.807, 2.05) is 0 Å². The second-order valence-electron chi connectivity index (χ2n) is 2.01. The first kappa shape index (κ1) is 5.79. The summed E-state index contributed by atoms with van der Waals surface area (Å²) in [5, 5.41) is 3.15. The Hall–Kier alpha value is -0.340. The van der Waals surface area contributed by atoms with Crippen molar-refractivity contribution in [3.63, 3.8) is 0 Å². The van der Waals surface area contributed by atoms with Crippen LogP contribution >= 0.6 is 0 Å². The van der Waals surface area contributed by atoms with Crippen LogP contribution in [0, 0.1) is 0 Å². The van der Waals surface area contributed by atoms with Gasteiger partial charge in [-0.25, -0.2) is 0 Å². The van der Waals surface area contributed by atoms with E-state index in [4.69, 9.17) is 4.74 Å². The number of rotatable bonds is 1. The molecule has 1 heterocycles. The van der Waals surface area contributed by atoms with Crippen molar-refractivity contribution >= 4 is 0 Å². The van der Waals surface area contributed by atoms with Crippen molar-refractivity contribution in [2.45, 2.75) is 6.10 Å². The lowest BCUT2D eigenvalue weighted by Gasteiger charge is -2.04. The summed E-state index contributed by atoms with van der Waals surface area (Å²) in [5.41, 5.74) is 1.16. The van der Waals surface area contributed by atoms with Crippen LogP contribution in [0.2, 0.25) is 0 Å². The maximum atomic E-state index is 5.06. The second-order valence-corrected chi connectivity index (χ2v) is 2.01. The van der Waals surface area contributed by atoms with Gasteiger partial charge in [0.1, 0.15) is 0 Å². The normalized spacial score (nSPS) is 29.1. The van der Waals surface area contributed by atoms with Gasteiger partial charge in [0, 0.05) is 20.2 Å². The lowest BCUT2D eigenvalue weighted by molar-refractivity contribution is 0.146. The van der Waals surface area contributed by atoms with Crippen LogP contribution in [0.3, 0.4) is 0 Å². The predicted octanol–water partition coefficient (Wildman–Crippen LogP) is 0.161. The Kier molecular flexibility index (Phi) is 1.65. The molecule has 0 radical (unpaired) electrons. The van der Waals surface area contributed by atoms with Gasteiger partial charge < -0.3 is 10.1 Å². The van der Waals surface area contributed by atoms with Crippen LogP contribution < -0.4 is 5.32 Å². The molecule has 2 nitrogen and oxygen atoms in total. The smallest absolute Gasteiger partial charge is 0.0915 e. The first-order chi connectivity index (χ1) is 3.84. The minimum Gasteiger partial charge on any atom is -0.376 e. The molecular formula is C6H11NO. The van der Waals surface area contributed by atoms with Crippen molar-refractivity contribution in [3.05, 3.63) is 12.2 Å². The average Bonchev–Trinajstić information content (AvgIpc) is 2.14. The van der Waals surface area contributed by atoms with E-state index >= 15 is 0 Å². The zero-order valence-electron chi connectivity index (χ0n) is 5.11. The highest BCUT2D eigenvalue weighted by Crippen LogP contribution is 2.06. The Morgan fingerprint density at radius 1 is 1.88 bits per heavy atom. The van der Waals surface area contributed by atoms with Gasteiger partial charge >= 0.3 is 0 Å². The Morgan fingerprint density at radius 3 is 2.88 bits per heavy atom. The van der Waals surface area contributed by atoms with Gasteiger partial charge in [0.2, 0.25) is 0 Å². The Bertz CT molecular complexity index is 101. The monoisotopic (exact) mass is 113 g/mol. The van der Waals surface area contributed by atoms with E-state index in [1.165, 1.54) is 0 Å². The topological polar surface area (TPSA) is 21.3 Å². The van der Waals surface area contributed by atoms with Crippen molar-refractivity contribution in [2.75, 3.05) is 20.2 Å². The molecule has 1 unspecified atom stereocenters. The first-order valence-electron chi connectivity index (χ1n) is 2.76. The lowest BCUT2D eigenvalue weighted by atomic mass is 10.2. The molecule has 1 rings (SSSR count). The first-order valence-corrected chi connectivity index (χ1v) is 2.76. The van der Waals surface area contributed by atoms with Gasteiger partial charge in [-0.1, -0.05) is 6.58 Å². The van der Waals surface area contributed by atoms with Crippen molar-refractivity contribution in [1.29, 1.82) is 0 Å². The summed E-state index contributed by atoms with van der Waals surface area (Å²) >= 11 is 0. The summed E-state index contributed by atoms with van der Waals surface area (Å²) in [4.78, 5) is 0. The molecular weight excluding hydrogens is 102 g/mol. The fourth-order valence-corrected chi connectivity index (χ4v) is 0.872. The van der Waals surface area contributed by atoms with Crippen LogP contribution in [0.15, 0.2) is 12.2 Å². The molecule has 2 heteroatoms. The Balaban J connectivity index is 2.42. The molecule has 1 fully saturated rings. The number of ether oxygens (including phenoxy) is 1. The van der Waals surface area contributed by atoms with E-state index in [2.05, 4.69) is 11.9 Å². The van der Waals surface area contributed by atoms with Crippen molar-refractivity contribution in [2.24, 2.45) is 0 Å². The van der Waals surface area contributed by atoms with E-state index in [1.54, 1.807) is 7.11 Å². The van der Waals surface area contributed by atoms with Crippen LogP contribution in [0.25, 0.3) is 0 Å². The quantitative estimate of drug-likeness (QED) is 0.489. The SMILES string of the molecule is C=C1CNCC1OC. The largest absolute Gasteiger partial charge is 0.376 e. The van der Waals surface area contributed by atoms with Gasteiger partial charge in [-0.05, 0) is 5.57 Å². The van der Waals surface area contributed by atoms with Crippen LogP contribution in [0.5, 0.6) is 0 Å². The minimum atomic E-state index is 0.259. The van der Waals surface area contributed by atoms with Crippen molar-refractivity contribution in [1.82, 2.24) is 5.32 Å². The highest BCUT2D eigenvalue weighted by Gasteiger charge is 2.16. The molecule has 1 aliphatic rings. The van der Waals surface area contributed by atoms with Crippen LogP contribution in [0.4, 0.5) is 0 Å². The summed E-state index contributed by atoms with van der Waals surface area (Å²) in [6.45, 7) is 5.66. The van der Waals surface area contributed by atoms with E-state index in [-0.39, 0.29) is 6.10 Å². The van der Waals surface area contributed by atoms with Gasteiger partial charge in [-0.3, -0.25) is 0 Å². The molecule has 1 aliphatic heterocycles.